The molecule has 1 aliphatic rings. The van der Waals surface area contributed by atoms with Crippen molar-refractivity contribution in [3.63, 3.8) is 0 Å². The number of fused-ring (bicyclic) bond motifs is 1. The van der Waals surface area contributed by atoms with Gasteiger partial charge in [0, 0.05) is 42.1 Å². The molecule has 0 bridgehead atoms. The summed E-state index contributed by atoms with van der Waals surface area (Å²) in [6.45, 7) is 7.36. The Kier molecular flexibility index (Phi) is 4.85. The van der Waals surface area contributed by atoms with Crippen molar-refractivity contribution >= 4 is 6.03 Å². The zero-order valence-corrected chi connectivity index (χ0v) is 16.1. The highest BCUT2D eigenvalue weighted by molar-refractivity contribution is 5.76. The number of urea groups is 1. The predicted molar refractivity (Wildman–Crippen MR) is 101 cm³/mol. The maximum absolute atomic E-state index is 13.0. The van der Waals surface area contributed by atoms with Gasteiger partial charge in [0.1, 0.15) is 17.5 Å². The molecule has 2 amide bonds. The van der Waals surface area contributed by atoms with Crippen LogP contribution >= 0.6 is 0 Å². The van der Waals surface area contributed by atoms with Gasteiger partial charge in [-0.3, -0.25) is 0 Å². The maximum Gasteiger partial charge on any atom is 0.318 e. The number of amides is 2. The zero-order valence-electron chi connectivity index (χ0n) is 16.1. The number of nitrogens with one attached hydrogen (secondary N) is 1. The Hall–Kier alpha value is -2.63. The monoisotopic (exact) mass is 357 g/mol. The second-order valence-electron chi connectivity index (χ2n) is 7.51. The molecule has 6 heteroatoms. The first-order valence-electron chi connectivity index (χ1n) is 8.80. The third-order valence-corrected chi connectivity index (χ3v) is 4.52. The minimum atomic E-state index is -0.301. The molecule has 3 rings (SSSR count). The Morgan fingerprint density at radius 1 is 1.15 bits per heavy atom. The first-order chi connectivity index (χ1) is 12.3. The van der Waals surface area contributed by atoms with E-state index in [0.29, 0.717) is 12.3 Å². The number of benzene rings is 1. The molecule has 2 aromatic rings. The van der Waals surface area contributed by atoms with E-state index < -0.39 is 0 Å². The largest absolute Gasteiger partial charge is 0.497 e. The minimum Gasteiger partial charge on any atom is -0.497 e. The molecule has 1 atom stereocenters. The van der Waals surface area contributed by atoms with Crippen LogP contribution in [-0.4, -0.2) is 41.8 Å². The second kappa shape index (κ2) is 6.94. The number of rotatable bonds is 3. The lowest BCUT2D eigenvalue weighted by molar-refractivity contribution is 0.159. The number of carbonyl (C=O) groups excluding carboxylic acids is 1. The topological polar surface area (TPSA) is 55.7 Å². The van der Waals surface area contributed by atoms with E-state index in [1.54, 1.807) is 14.2 Å². The van der Waals surface area contributed by atoms with Crippen LogP contribution in [-0.2, 0) is 6.54 Å². The van der Waals surface area contributed by atoms with Crippen LogP contribution in [0.15, 0.2) is 36.5 Å². The van der Waals surface area contributed by atoms with Crippen LogP contribution in [0.1, 0.15) is 38.1 Å². The molecule has 0 saturated carbocycles. The fraction of sp³-hybridized carbons (Fsp3) is 0.450. The first-order valence-corrected chi connectivity index (χ1v) is 8.80. The molecule has 0 radical (unpaired) electrons. The number of aromatic nitrogens is 1. The first kappa shape index (κ1) is 18.2. The third kappa shape index (κ3) is 3.49. The Bertz CT molecular complexity index is 792. The van der Waals surface area contributed by atoms with Crippen molar-refractivity contribution in [3.8, 4) is 11.5 Å². The average Bonchev–Trinajstić information content (AvgIpc) is 3.07. The van der Waals surface area contributed by atoms with Gasteiger partial charge in [-0.25, -0.2) is 4.79 Å². The highest BCUT2D eigenvalue weighted by Gasteiger charge is 2.35. The van der Waals surface area contributed by atoms with Gasteiger partial charge in [-0.1, -0.05) is 0 Å². The van der Waals surface area contributed by atoms with Gasteiger partial charge in [0.25, 0.3) is 0 Å². The van der Waals surface area contributed by atoms with Crippen LogP contribution in [0.4, 0.5) is 4.79 Å². The van der Waals surface area contributed by atoms with Crippen molar-refractivity contribution in [1.82, 2.24) is 14.8 Å². The van der Waals surface area contributed by atoms with Gasteiger partial charge in [-0.2, -0.15) is 0 Å². The molecule has 0 spiro atoms. The highest BCUT2D eigenvalue weighted by Crippen LogP contribution is 2.39. The zero-order chi connectivity index (χ0) is 18.9. The molecule has 0 saturated heterocycles. The number of carbonyl (C=O) groups is 1. The fourth-order valence-corrected chi connectivity index (χ4v) is 3.37. The fourth-order valence-electron chi connectivity index (χ4n) is 3.37. The molecule has 1 aromatic carbocycles. The number of ether oxygens (including phenoxy) is 2. The summed E-state index contributed by atoms with van der Waals surface area (Å²) in [4.78, 5) is 14.9. The number of methoxy groups -OCH3 is 2. The molecule has 140 valence electrons. The van der Waals surface area contributed by atoms with Crippen molar-refractivity contribution in [2.24, 2.45) is 0 Å². The van der Waals surface area contributed by atoms with Crippen LogP contribution in [0.3, 0.4) is 0 Å². The molecule has 6 nitrogen and oxygen atoms in total. The molecule has 1 aliphatic heterocycles. The van der Waals surface area contributed by atoms with Crippen molar-refractivity contribution < 1.29 is 14.3 Å². The third-order valence-electron chi connectivity index (χ3n) is 4.52. The Morgan fingerprint density at radius 2 is 1.92 bits per heavy atom. The van der Waals surface area contributed by atoms with E-state index in [1.807, 2.05) is 49.9 Å². The molecule has 2 heterocycles. The maximum atomic E-state index is 13.0. The molecule has 0 aliphatic carbocycles. The quantitative estimate of drug-likeness (QED) is 0.916. The van der Waals surface area contributed by atoms with E-state index in [-0.39, 0.29) is 17.6 Å². The SMILES string of the molecule is COc1ccc([C@H]2c3cccn3CCN2C(=O)NC(C)(C)C)c(OC)c1. The molecule has 1 aromatic heterocycles. The van der Waals surface area contributed by atoms with E-state index in [4.69, 9.17) is 9.47 Å². The summed E-state index contributed by atoms with van der Waals surface area (Å²) in [5, 5.41) is 3.08. The van der Waals surface area contributed by atoms with Gasteiger partial charge in [0.2, 0.25) is 0 Å². The number of hydrogen-bond donors (Lipinski definition) is 1. The Morgan fingerprint density at radius 3 is 2.58 bits per heavy atom. The van der Waals surface area contributed by atoms with Crippen LogP contribution in [0, 0.1) is 0 Å². The van der Waals surface area contributed by atoms with E-state index in [0.717, 1.165) is 23.6 Å². The van der Waals surface area contributed by atoms with Gasteiger partial charge in [-0.05, 0) is 45.0 Å². The normalized spacial score (nSPS) is 16.8. The molecule has 0 fully saturated rings. The van der Waals surface area contributed by atoms with Gasteiger partial charge in [0.05, 0.1) is 14.2 Å². The molecule has 1 N–H and O–H groups in total. The summed E-state index contributed by atoms with van der Waals surface area (Å²) in [6, 6.07) is 9.52. The van der Waals surface area contributed by atoms with Gasteiger partial charge >= 0.3 is 6.03 Å². The van der Waals surface area contributed by atoms with E-state index in [2.05, 4.69) is 22.1 Å². The smallest absolute Gasteiger partial charge is 0.318 e. The van der Waals surface area contributed by atoms with Crippen molar-refractivity contribution in [1.29, 1.82) is 0 Å². The lowest BCUT2D eigenvalue weighted by Crippen LogP contribution is -2.52. The van der Waals surface area contributed by atoms with Crippen LogP contribution in [0.25, 0.3) is 0 Å². The summed E-state index contributed by atoms with van der Waals surface area (Å²) in [5.41, 5.74) is 1.71. The highest BCUT2D eigenvalue weighted by atomic mass is 16.5. The summed E-state index contributed by atoms with van der Waals surface area (Å²) in [7, 11) is 3.27. The van der Waals surface area contributed by atoms with Crippen LogP contribution < -0.4 is 14.8 Å². The van der Waals surface area contributed by atoms with Crippen molar-refractivity contribution in [3.05, 3.63) is 47.8 Å². The van der Waals surface area contributed by atoms with Crippen LogP contribution in [0.2, 0.25) is 0 Å². The predicted octanol–water partition coefficient (Wildman–Crippen LogP) is 3.42. The summed E-state index contributed by atoms with van der Waals surface area (Å²) in [5.74, 6) is 1.43. The van der Waals surface area contributed by atoms with E-state index in [1.165, 1.54) is 0 Å². The van der Waals surface area contributed by atoms with Gasteiger partial charge < -0.3 is 24.3 Å². The summed E-state index contributed by atoms with van der Waals surface area (Å²) < 4.78 is 13.1. The van der Waals surface area contributed by atoms with Gasteiger partial charge in [-0.15, -0.1) is 0 Å². The molecule has 0 unspecified atom stereocenters. The second-order valence-corrected chi connectivity index (χ2v) is 7.51. The molecular formula is C20H27N3O3. The van der Waals surface area contributed by atoms with Crippen molar-refractivity contribution in [2.45, 2.75) is 38.9 Å². The lowest BCUT2D eigenvalue weighted by atomic mass is 9.98. The Balaban J connectivity index is 2.06. The molecule has 26 heavy (non-hydrogen) atoms. The summed E-state index contributed by atoms with van der Waals surface area (Å²) in [6.07, 6.45) is 2.05. The van der Waals surface area contributed by atoms with E-state index in [9.17, 15) is 4.79 Å². The van der Waals surface area contributed by atoms with E-state index >= 15 is 0 Å². The number of nitrogens with zero attached hydrogens (tertiary/aromatic N) is 2. The minimum absolute atomic E-state index is 0.0761. The Labute approximate surface area is 154 Å². The number of hydrogen-bond acceptors (Lipinski definition) is 3. The van der Waals surface area contributed by atoms with Gasteiger partial charge in [0.15, 0.2) is 0 Å². The lowest BCUT2D eigenvalue weighted by Gasteiger charge is -2.39. The standard InChI is InChI=1S/C20H27N3O3/c1-20(2,3)21-19(24)23-12-11-22-10-6-7-16(22)18(23)15-9-8-14(25-4)13-17(15)26-5/h6-10,13,18H,11-12H2,1-5H3,(H,21,24)/t18-/m0/s1. The van der Waals surface area contributed by atoms with Crippen molar-refractivity contribution in [2.75, 3.05) is 20.8 Å². The summed E-state index contributed by atoms with van der Waals surface area (Å²) >= 11 is 0. The molecular weight excluding hydrogens is 330 g/mol. The van der Waals surface area contributed by atoms with Crippen LogP contribution in [0.5, 0.6) is 11.5 Å². The average molecular weight is 357 g/mol.